The average molecular weight is 472 g/mol. The van der Waals surface area contributed by atoms with E-state index in [2.05, 4.69) is 22.5 Å². The molecule has 0 aromatic heterocycles. The summed E-state index contributed by atoms with van der Waals surface area (Å²) in [6.07, 6.45) is 3.82. The van der Waals surface area contributed by atoms with E-state index in [0.29, 0.717) is 6.54 Å². The maximum Gasteiger partial charge on any atom is 0.294 e. The molecular weight excluding hydrogens is 450 g/mol. The first-order valence-corrected chi connectivity index (χ1v) is 11.1. The van der Waals surface area contributed by atoms with E-state index in [1.165, 1.54) is 0 Å². The number of halogens is 1. The summed E-state index contributed by atoms with van der Waals surface area (Å²) in [7, 11) is -4.63. The predicted octanol–water partition coefficient (Wildman–Crippen LogP) is 4.43. The summed E-state index contributed by atoms with van der Waals surface area (Å²) >= 11 is 5.74. The molecule has 0 saturated heterocycles. The molecule has 0 radical (unpaired) electrons. The van der Waals surface area contributed by atoms with Gasteiger partial charge in [0, 0.05) is 12.6 Å². The highest BCUT2D eigenvalue weighted by atomic mass is 35.5. The standard InChI is InChI=1S/C19H22ClN3O7S/c1-2-3-4-5-6-21-19(27)12-9-14(17(25)10-16(12)24)22-23-15-8-11(31(28,29)30)7-13(20)18(15)26/h7-10,24-26H,2-6H2,1H3,(H,21,27)(H,28,29,30). The van der Waals surface area contributed by atoms with Crippen molar-refractivity contribution in [2.75, 3.05) is 6.54 Å². The van der Waals surface area contributed by atoms with E-state index >= 15 is 0 Å². The molecule has 168 valence electrons. The maximum atomic E-state index is 12.3. The smallest absolute Gasteiger partial charge is 0.294 e. The van der Waals surface area contributed by atoms with Crippen molar-refractivity contribution < 1.29 is 33.1 Å². The zero-order valence-electron chi connectivity index (χ0n) is 16.5. The van der Waals surface area contributed by atoms with Crippen molar-refractivity contribution in [2.24, 2.45) is 10.2 Å². The number of hydrogen-bond donors (Lipinski definition) is 5. The number of unbranched alkanes of at least 4 members (excludes halogenated alkanes) is 3. The summed E-state index contributed by atoms with van der Waals surface area (Å²) < 4.78 is 31.8. The van der Waals surface area contributed by atoms with Crippen LogP contribution in [-0.4, -0.2) is 40.7 Å². The van der Waals surface area contributed by atoms with E-state index in [1.54, 1.807) is 0 Å². The van der Waals surface area contributed by atoms with Crippen LogP contribution in [0.1, 0.15) is 43.0 Å². The van der Waals surface area contributed by atoms with Crippen LogP contribution in [0.3, 0.4) is 0 Å². The van der Waals surface area contributed by atoms with Crippen molar-refractivity contribution in [1.82, 2.24) is 5.32 Å². The monoisotopic (exact) mass is 471 g/mol. The van der Waals surface area contributed by atoms with Crippen LogP contribution in [0, 0.1) is 0 Å². The number of phenols is 3. The number of amides is 1. The van der Waals surface area contributed by atoms with Crippen molar-refractivity contribution in [3.05, 3.63) is 34.9 Å². The molecule has 12 heteroatoms. The van der Waals surface area contributed by atoms with E-state index in [9.17, 15) is 28.5 Å². The second-order valence-electron chi connectivity index (χ2n) is 6.62. The Morgan fingerprint density at radius 2 is 1.68 bits per heavy atom. The Bertz CT molecular complexity index is 1100. The highest BCUT2D eigenvalue weighted by molar-refractivity contribution is 7.85. The zero-order valence-corrected chi connectivity index (χ0v) is 18.1. The Labute approximate surface area is 184 Å². The molecule has 2 aromatic rings. The van der Waals surface area contributed by atoms with Crippen molar-refractivity contribution in [3.63, 3.8) is 0 Å². The summed E-state index contributed by atoms with van der Waals surface area (Å²) in [5.41, 5.74) is -0.799. The van der Waals surface area contributed by atoms with Crippen LogP contribution in [0.2, 0.25) is 5.02 Å². The van der Waals surface area contributed by atoms with Crippen molar-refractivity contribution in [2.45, 2.75) is 37.5 Å². The lowest BCUT2D eigenvalue weighted by atomic mass is 10.1. The molecule has 0 fully saturated rings. The van der Waals surface area contributed by atoms with Gasteiger partial charge in [-0.1, -0.05) is 37.8 Å². The number of rotatable bonds is 9. The molecule has 0 aliphatic rings. The maximum absolute atomic E-state index is 12.3. The first kappa shape index (κ1) is 24.4. The van der Waals surface area contributed by atoms with Gasteiger partial charge >= 0.3 is 0 Å². The van der Waals surface area contributed by atoms with Crippen molar-refractivity contribution >= 4 is 39.0 Å². The minimum Gasteiger partial charge on any atom is -0.507 e. The summed E-state index contributed by atoms with van der Waals surface area (Å²) in [4.78, 5) is 11.7. The molecule has 10 nitrogen and oxygen atoms in total. The van der Waals surface area contributed by atoms with Gasteiger partial charge in [-0.25, -0.2) is 0 Å². The molecule has 0 unspecified atom stereocenters. The third-order valence-electron chi connectivity index (χ3n) is 4.23. The van der Waals surface area contributed by atoms with Crippen LogP contribution in [0.25, 0.3) is 0 Å². The quantitative estimate of drug-likeness (QED) is 0.204. The minimum absolute atomic E-state index is 0.156. The fourth-order valence-corrected chi connectivity index (χ4v) is 3.38. The van der Waals surface area contributed by atoms with Gasteiger partial charge < -0.3 is 20.6 Å². The molecule has 1 amide bonds. The minimum atomic E-state index is -4.63. The molecule has 2 rings (SSSR count). The van der Waals surface area contributed by atoms with E-state index in [1.807, 2.05) is 0 Å². The lowest BCUT2D eigenvalue weighted by molar-refractivity contribution is 0.0950. The Morgan fingerprint density at radius 1 is 1.00 bits per heavy atom. The van der Waals surface area contributed by atoms with Crippen LogP contribution in [0.4, 0.5) is 11.4 Å². The van der Waals surface area contributed by atoms with Crippen molar-refractivity contribution in [3.8, 4) is 17.2 Å². The summed E-state index contributed by atoms with van der Waals surface area (Å²) in [6, 6.07) is 3.64. The number of carbonyl (C=O) groups excluding carboxylic acids is 1. The average Bonchev–Trinajstić information content (AvgIpc) is 2.68. The summed E-state index contributed by atoms with van der Waals surface area (Å²) in [6.45, 7) is 2.47. The predicted molar refractivity (Wildman–Crippen MR) is 113 cm³/mol. The lowest BCUT2D eigenvalue weighted by Crippen LogP contribution is -2.24. The van der Waals surface area contributed by atoms with Gasteiger partial charge in [-0.2, -0.15) is 8.42 Å². The lowest BCUT2D eigenvalue weighted by Gasteiger charge is -2.09. The normalized spacial score (nSPS) is 11.7. The molecule has 31 heavy (non-hydrogen) atoms. The number of azo groups is 1. The molecule has 0 atom stereocenters. The van der Waals surface area contributed by atoms with E-state index in [-0.39, 0.29) is 11.3 Å². The fourth-order valence-electron chi connectivity index (χ4n) is 2.57. The topological polar surface area (TPSA) is 169 Å². The molecule has 0 saturated carbocycles. The van der Waals surface area contributed by atoms with Crippen LogP contribution < -0.4 is 5.32 Å². The van der Waals surface area contributed by atoms with E-state index < -0.39 is 48.9 Å². The molecule has 0 aliphatic carbocycles. The second kappa shape index (κ2) is 10.4. The summed E-state index contributed by atoms with van der Waals surface area (Å²) in [5, 5.41) is 39.5. The third kappa shape index (κ3) is 6.54. The number of phenolic OH excluding ortho intramolecular Hbond substituents is 3. The number of nitrogens with zero attached hydrogens (tertiary/aromatic N) is 2. The molecule has 5 N–H and O–H groups in total. The molecule has 0 heterocycles. The zero-order chi connectivity index (χ0) is 23.2. The molecular formula is C19H22ClN3O7S. The number of benzene rings is 2. The van der Waals surface area contributed by atoms with E-state index in [0.717, 1.165) is 49.9 Å². The summed E-state index contributed by atoms with van der Waals surface area (Å²) in [5.74, 6) is -2.18. The molecule has 0 bridgehead atoms. The Morgan fingerprint density at radius 3 is 2.32 bits per heavy atom. The van der Waals surface area contributed by atoms with Gasteiger partial charge in [0.1, 0.15) is 22.9 Å². The fraction of sp³-hybridized carbons (Fsp3) is 0.316. The van der Waals surface area contributed by atoms with Gasteiger partial charge in [0.05, 0.1) is 15.5 Å². The first-order valence-electron chi connectivity index (χ1n) is 9.30. The highest BCUT2D eigenvalue weighted by Crippen LogP contribution is 2.39. The highest BCUT2D eigenvalue weighted by Gasteiger charge is 2.18. The molecule has 0 aliphatic heterocycles. The van der Waals surface area contributed by atoms with Crippen LogP contribution in [-0.2, 0) is 10.1 Å². The van der Waals surface area contributed by atoms with Gasteiger partial charge in [-0.15, -0.1) is 10.2 Å². The van der Waals surface area contributed by atoms with Gasteiger partial charge in [-0.05, 0) is 24.6 Å². The largest absolute Gasteiger partial charge is 0.507 e. The number of carbonyl (C=O) groups is 1. The number of nitrogens with one attached hydrogen (secondary N) is 1. The second-order valence-corrected chi connectivity index (χ2v) is 8.45. The Kier molecular flexibility index (Phi) is 8.20. The van der Waals surface area contributed by atoms with Crippen LogP contribution in [0.5, 0.6) is 17.2 Å². The van der Waals surface area contributed by atoms with E-state index in [4.69, 9.17) is 16.2 Å². The molecule has 2 aromatic carbocycles. The van der Waals surface area contributed by atoms with Gasteiger partial charge in [0.2, 0.25) is 0 Å². The number of aromatic hydroxyl groups is 3. The Balaban J connectivity index is 2.30. The van der Waals surface area contributed by atoms with Crippen molar-refractivity contribution in [1.29, 1.82) is 0 Å². The third-order valence-corrected chi connectivity index (χ3v) is 5.35. The first-order chi connectivity index (χ1) is 14.5. The van der Waals surface area contributed by atoms with Gasteiger partial charge in [0.25, 0.3) is 16.0 Å². The van der Waals surface area contributed by atoms with Gasteiger partial charge in [-0.3, -0.25) is 9.35 Å². The number of hydrogen-bond acceptors (Lipinski definition) is 8. The Hall–Kier alpha value is -2.89. The van der Waals surface area contributed by atoms with Gasteiger partial charge in [0.15, 0.2) is 5.75 Å². The SMILES string of the molecule is CCCCCCNC(=O)c1cc(N=Nc2cc(S(=O)(=O)O)cc(Cl)c2O)c(O)cc1O. The molecule has 0 spiro atoms. The van der Waals surface area contributed by atoms with Crippen LogP contribution in [0.15, 0.2) is 39.4 Å². The van der Waals surface area contributed by atoms with Crippen LogP contribution >= 0.6 is 11.6 Å².